The van der Waals surface area contributed by atoms with Gasteiger partial charge in [-0.05, 0) is 26.2 Å². The maximum Gasteiger partial charge on any atom is 0.409 e. The summed E-state index contributed by atoms with van der Waals surface area (Å²) in [7, 11) is 0. The number of nitrogens with zero attached hydrogens (tertiary/aromatic N) is 2. The van der Waals surface area contributed by atoms with Crippen molar-refractivity contribution in [2.75, 3.05) is 26.2 Å². The molecule has 0 aromatic heterocycles. The molecule has 0 aliphatic carbocycles. The number of carbonyl (C=O) groups is 1. The van der Waals surface area contributed by atoms with Gasteiger partial charge in [0.1, 0.15) is 0 Å². The molecule has 0 unspecified atom stereocenters. The minimum atomic E-state index is -0.209. The summed E-state index contributed by atoms with van der Waals surface area (Å²) in [5.41, 5.74) is 5.75. The molecule has 1 fully saturated rings. The highest BCUT2D eigenvalue weighted by Crippen LogP contribution is 2.27. The molecule has 1 amide bonds. The maximum atomic E-state index is 11.6. The number of amides is 1. The molecule has 2 aliphatic rings. The fourth-order valence-corrected chi connectivity index (χ4v) is 2.47. The number of nitrogens with one attached hydrogen (secondary N) is 1. The van der Waals surface area contributed by atoms with E-state index in [0.29, 0.717) is 12.6 Å². The van der Waals surface area contributed by atoms with Crippen molar-refractivity contribution in [3.8, 4) is 0 Å². The number of carbonyl (C=O) groups excluding carboxylic acids is 1. The Morgan fingerprint density at radius 2 is 2.24 bits per heavy atom. The van der Waals surface area contributed by atoms with E-state index in [-0.39, 0.29) is 11.6 Å². The van der Waals surface area contributed by atoms with E-state index in [4.69, 9.17) is 10.5 Å². The predicted octanol–water partition coefficient (Wildman–Crippen LogP) is 0.286. The Kier molecular flexibility index (Phi) is 3.40. The van der Waals surface area contributed by atoms with Gasteiger partial charge >= 0.3 is 6.09 Å². The Hall–Kier alpha value is -1.46. The van der Waals surface area contributed by atoms with Gasteiger partial charge in [0.25, 0.3) is 0 Å². The number of hydrogen-bond donors (Lipinski definition) is 2. The van der Waals surface area contributed by atoms with Crippen molar-refractivity contribution in [1.82, 2.24) is 10.2 Å². The van der Waals surface area contributed by atoms with Crippen LogP contribution >= 0.6 is 0 Å². The molecule has 0 aromatic rings. The van der Waals surface area contributed by atoms with Crippen LogP contribution in [0, 0.1) is 0 Å². The smallest absolute Gasteiger partial charge is 0.409 e. The van der Waals surface area contributed by atoms with Crippen LogP contribution in [0.2, 0.25) is 0 Å². The lowest BCUT2D eigenvalue weighted by atomic mass is 9.84. The monoisotopic (exact) mass is 240 g/mol. The Bertz CT molecular complexity index is 321. The third-order valence-corrected chi connectivity index (χ3v) is 3.51. The largest absolute Gasteiger partial charge is 0.450 e. The van der Waals surface area contributed by atoms with Crippen LogP contribution in [0.5, 0.6) is 0 Å². The van der Waals surface area contributed by atoms with Crippen molar-refractivity contribution in [1.29, 1.82) is 0 Å². The first-order valence-electron chi connectivity index (χ1n) is 6.15. The summed E-state index contributed by atoms with van der Waals surface area (Å²) >= 11 is 0. The van der Waals surface area contributed by atoms with E-state index in [0.717, 1.165) is 38.9 Å². The normalized spacial score (nSPS) is 22.9. The standard InChI is InChI=1S/C11H20N4O2/c1-2-17-10(16)15-7-4-11(5-8-15)3-6-13-9(12)14-11/h2-8H2,1H3,(H3,12,13,14). The van der Waals surface area contributed by atoms with E-state index in [1.54, 1.807) is 4.90 Å². The Morgan fingerprint density at radius 3 is 2.82 bits per heavy atom. The van der Waals surface area contributed by atoms with Crippen molar-refractivity contribution in [2.45, 2.75) is 31.7 Å². The van der Waals surface area contributed by atoms with E-state index in [9.17, 15) is 4.79 Å². The molecule has 2 heterocycles. The van der Waals surface area contributed by atoms with Gasteiger partial charge in [0.05, 0.1) is 6.61 Å². The van der Waals surface area contributed by atoms with Gasteiger partial charge in [0.15, 0.2) is 5.96 Å². The van der Waals surface area contributed by atoms with Crippen LogP contribution < -0.4 is 11.1 Å². The van der Waals surface area contributed by atoms with Crippen LogP contribution in [-0.4, -0.2) is 48.7 Å². The minimum Gasteiger partial charge on any atom is -0.450 e. The number of nitrogens with two attached hydrogens (primary N) is 1. The molecule has 2 rings (SSSR count). The molecule has 1 spiro atoms. The molecule has 96 valence electrons. The zero-order valence-electron chi connectivity index (χ0n) is 10.2. The lowest BCUT2D eigenvalue weighted by molar-refractivity contribution is 0.0820. The molecule has 6 heteroatoms. The van der Waals surface area contributed by atoms with Crippen molar-refractivity contribution in [3.05, 3.63) is 0 Å². The lowest BCUT2D eigenvalue weighted by Gasteiger charge is -2.43. The molecule has 0 aromatic carbocycles. The topological polar surface area (TPSA) is 80.0 Å². The Balaban J connectivity index is 1.89. The van der Waals surface area contributed by atoms with E-state index >= 15 is 0 Å². The second-order valence-corrected chi connectivity index (χ2v) is 4.61. The average molecular weight is 240 g/mol. The number of guanidine groups is 1. The van der Waals surface area contributed by atoms with E-state index in [1.165, 1.54) is 0 Å². The summed E-state index contributed by atoms with van der Waals surface area (Å²) < 4.78 is 5.00. The molecule has 0 saturated carbocycles. The molecule has 0 radical (unpaired) electrons. The van der Waals surface area contributed by atoms with E-state index in [2.05, 4.69) is 10.3 Å². The Labute approximate surface area is 101 Å². The van der Waals surface area contributed by atoms with Gasteiger partial charge in [-0.25, -0.2) is 4.79 Å². The molecular weight excluding hydrogens is 220 g/mol. The summed E-state index contributed by atoms with van der Waals surface area (Å²) in [5.74, 6) is 0.529. The van der Waals surface area contributed by atoms with Gasteiger partial charge < -0.3 is 20.7 Å². The molecule has 0 bridgehead atoms. The van der Waals surface area contributed by atoms with Crippen LogP contribution in [0.15, 0.2) is 4.99 Å². The number of ether oxygens (including phenoxy) is 1. The predicted molar refractivity (Wildman–Crippen MR) is 64.8 cm³/mol. The molecule has 1 saturated heterocycles. The highest BCUT2D eigenvalue weighted by atomic mass is 16.6. The summed E-state index contributed by atoms with van der Waals surface area (Å²) in [5, 5.41) is 3.27. The van der Waals surface area contributed by atoms with E-state index in [1.807, 2.05) is 6.92 Å². The maximum absolute atomic E-state index is 11.6. The van der Waals surface area contributed by atoms with Crippen LogP contribution in [-0.2, 0) is 4.74 Å². The summed E-state index contributed by atoms with van der Waals surface area (Å²) in [4.78, 5) is 17.5. The van der Waals surface area contributed by atoms with Crippen molar-refractivity contribution < 1.29 is 9.53 Å². The van der Waals surface area contributed by atoms with Crippen molar-refractivity contribution >= 4 is 12.1 Å². The SMILES string of the molecule is CCOC(=O)N1CCC2(CCN=C(N)N2)CC1. The van der Waals surface area contributed by atoms with Gasteiger partial charge in [0.2, 0.25) is 0 Å². The quantitative estimate of drug-likeness (QED) is 0.690. The molecule has 0 atom stereocenters. The van der Waals surface area contributed by atoms with Gasteiger partial charge in [0, 0.05) is 25.2 Å². The highest BCUT2D eigenvalue weighted by molar-refractivity contribution is 5.79. The van der Waals surface area contributed by atoms with Crippen LogP contribution in [0.3, 0.4) is 0 Å². The Morgan fingerprint density at radius 1 is 1.53 bits per heavy atom. The number of hydrogen-bond acceptors (Lipinski definition) is 5. The van der Waals surface area contributed by atoms with Crippen LogP contribution in [0.25, 0.3) is 0 Å². The molecule has 6 nitrogen and oxygen atoms in total. The zero-order valence-corrected chi connectivity index (χ0v) is 10.2. The van der Waals surface area contributed by atoms with Crippen molar-refractivity contribution in [2.24, 2.45) is 10.7 Å². The molecule has 2 aliphatic heterocycles. The van der Waals surface area contributed by atoms with Crippen LogP contribution in [0.4, 0.5) is 4.79 Å². The first-order valence-corrected chi connectivity index (χ1v) is 6.15. The second kappa shape index (κ2) is 4.81. The van der Waals surface area contributed by atoms with Gasteiger partial charge in [-0.2, -0.15) is 0 Å². The number of aliphatic imine (C=N–C) groups is 1. The van der Waals surface area contributed by atoms with Crippen LogP contribution in [0.1, 0.15) is 26.2 Å². The summed E-state index contributed by atoms with van der Waals surface area (Å²) in [6, 6.07) is 0. The first-order chi connectivity index (χ1) is 8.15. The molecule has 3 N–H and O–H groups in total. The summed E-state index contributed by atoms with van der Waals surface area (Å²) in [6.07, 6.45) is 2.59. The van der Waals surface area contributed by atoms with Gasteiger partial charge in [-0.3, -0.25) is 4.99 Å². The fourth-order valence-electron chi connectivity index (χ4n) is 2.47. The van der Waals surface area contributed by atoms with E-state index < -0.39 is 0 Å². The lowest BCUT2D eigenvalue weighted by Crippen LogP contribution is -2.59. The molecular formula is C11H20N4O2. The average Bonchev–Trinajstić information content (AvgIpc) is 2.30. The number of likely N-dealkylation sites (tertiary alicyclic amines) is 1. The number of piperidine rings is 1. The van der Waals surface area contributed by atoms with Gasteiger partial charge in [-0.15, -0.1) is 0 Å². The van der Waals surface area contributed by atoms with Gasteiger partial charge in [-0.1, -0.05) is 0 Å². The first kappa shape index (κ1) is 12.0. The third-order valence-electron chi connectivity index (χ3n) is 3.51. The van der Waals surface area contributed by atoms with Crippen molar-refractivity contribution in [3.63, 3.8) is 0 Å². The molecule has 17 heavy (non-hydrogen) atoms. The highest BCUT2D eigenvalue weighted by Gasteiger charge is 2.37. The minimum absolute atomic E-state index is 0.0365. The third kappa shape index (κ3) is 2.62. The fraction of sp³-hybridized carbons (Fsp3) is 0.818. The summed E-state index contributed by atoms with van der Waals surface area (Å²) in [6.45, 7) is 4.47. The zero-order chi connectivity index (χ0) is 12.3. The second-order valence-electron chi connectivity index (χ2n) is 4.61. The number of rotatable bonds is 1.